The molecule has 0 fully saturated rings. The van der Waals surface area contributed by atoms with Gasteiger partial charge < -0.3 is 15.2 Å². The van der Waals surface area contributed by atoms with E-state index in [1.54, 1.807) is 0 Å². The Morgan fingerprint density at radius 2 is 2.00 bits per heavy atom. The van der Waals surface area contributed by atoms with E-state index >= 15 is 0 Å². The number of amides is 1. The molecule has 1 amide bonds. The SMILES string of the molecule is CCC(CC)CN1CC(=O)NCCCCCOc2ccc(CCC(=O)O)cc2C1. The van der Waals surface area contributed by atoms with Gasteiger partial charge in [-0.25, -0.2) is 0 Å². The van der Waals surface area contributed by atoms with Crippen LogP contribution >= 0.6 is 0 Å². The number of carboxylic acids is 1. The van der Waals surface area contributed by atoms with E-state index in [9.17, 15) is 9.59 Å². The third-order valence-electron chi connectivity index (χ3n) is 5.59. The van der Waals surface area contributed by atoms with Gasteiger partial charge in [-0.05, 0) is 43.2 Å². The summed E-state index contributed by atoms with van der Waals surface area (Å²) in [6.45, 7) is 7.60. The van der Waals surface area contributed by atoms with Crippen LogP contribution in [0.25, 0.3) is 0 Å². The molecule has 0 aliphatic carbocycles. The summed E-state index contributed by atoms with van der Waals surface area (Å²) in [5.41, 5.74) is 2.02. The van der Waals surface area contributed by atoms with Gasteiger partial charge in [0.1, 0.15) is 5.75 Å². The quantitative estimate of drug-likeness (QED) is 0.726. The molecular formula is C23H36N2O4. The highest BCUT2D eigenvalue weighted by Gasteiger charge is 2.18. The largest absolute Gasteiger partial charge is 0.493 e. The molecule has 6 nitrogen and oxygen atoms in total. The van der Waals surface area contributed by atoms with E-state index in [-0.39, 0.29) is 12.3 Å². The Hall–Kier alpha value is -2.08. The molecule has 1 aromatic rings. The lowest BCUT2D eigenvalue weighted by Gasteiger charge is -2.27. The zero-order valence-corrected chi connectivity index (χ0v) is 17.9. The monoisotopic (exact) mass is 404 g/mol. The molecule has 1 aliphatic heterocycles. The number of fused-ring (bicyclic) bond motifs is 1. The number of carboxylic acid groups (broad SMARTS) is 1. The van der Waals surface area contributed by atoms with Crippen LogP contribution < -0.4 is 10.1 Å². The fourth-order valence-corrected chi connectivity index (χ4v) is 3.71. The molecule has 162 valence electrons. The summed E-state index contributed by atoms with van der Waals surface area (Å²) < 4.78 is 6.07. The highest BCUT2D eigenvalue weighted by Crippen LogP contribution is 2.24. The maximum absolute atomic E-state index is 12.5. The van der Waals surface area contributed by atoms with Gasteiger partial charge in [-0.1, -0.05) is 38.8 Å². The first-order valence-electron chi connectivity index (χ1n) is 11.0. The van der Waals surface area contributed by atoms with Crippen molar-refractivity contribution in [2.45, 2.75) is 65.3 Å². The number of benzene rings is 1. The van der Waals surface area contributed by atoms with Crippen molar-refractivity contribution < 1.29 is 19.4 Å². The number of carbonyl (C=O) groups is 2. The third kappa shape index (κ3) is 8.44. The minimum absolute atomic E-state index is 0.0692. The summed E-state index contributed by atoms with van der Waals surface area (Å²) in [5.74, 6) is 0.660. The summed E-state index contributed by atoms with van der Waals surface area (Å²) in [6, 6.07) is 5.97. The number of hydrogen-bond acceptors (Lipinski definition) is 4. The molecule has 1 aromatic carbocycles. The maximum Gasteiger partial charge on any atom is 0.303 e. The van der Waals surface area contributed by atoms with E-state index in [0.29, 0.717) is 38.6 Å². The van der Waals surface area contributed by atoms with Gasteiger partial charge in [0.05, 0.1) is 13.2 Å². The highest BCUT2D eigenvalue weighted by molar-refractivity contribution is 5.78. The van der Waals surface area contributed by atoms with Gasteiger partial charge in [-0.15, -0.1) is 0 Å². The van der Waals surface area contributed by atoms with Crippen molar-refractivity contribution in [1.82, 2.24) is 10.2 Å². The van der Waals surface area contributed by atoms with Crippen molar-refractivity contribution in [1.29, 1.82) is 0 Å². The normalized spacial score (nSPS) is 16.7. The Balaban J connectivity index is 2.26. The lowest BCUT2D eigenvalue weighted by Crippen LogP contribution is -2.39. The fourth-order valence-electron chi connectivity index (χ4n) is 3.71. The van der Waals surface area contributed by atoms with Crippen LogP contribution in [0.3, 0.4) is 0 Å². The predicted molar refractivity (Wildman–Crippen MR) is 114 cm³/mol. The average Bonchev–Trinajstić information content (AvgIpc) is 2.71. The lowest BCUT2D eigenvalue weighted by atomic mass is 10.0. The van der Waals surface area contributed by atoms with Crippen molar-refractivity contribution in [3.05, 3.63) is 29.3 Å². The second kappa shape index (κ2) is 12.5. The van der Waals surface area contributed by atoms with E-state index in [1.807, 2.05) is 12.1 Å². The summed E-state index contributed by atoms with van der Waals surface area (Å²) in [6.07, 6.45) is 5.70. The minimum atomic E-state index is -0.794. The molecule has 1 heterocycles. The molecule has 6 heteroatoms. The van der Waals surface area contributed by atoms with Crippen LogP contribution in [0.2, 0.25) is 0 Å². The Morgan fingerprint density at radius 3 is 2.72 bits per heavy atom. The predicted octanol–water partition coefficient (Wildman–Crippen LogP) is 3.62. The summed E-state index contributed by atoms with van der Waals surface area (Å²) in [5, 5.41) is 12.0. The van der Waals surface area contributed by atoms with Gasteiger partial charge in [0.25, 0.3) is 0 Å². The molecule has 2 N–H and O–H groups in total. The number of hydrogen-bond donors (Lipinski definition) is 2. The molecule has 0 radical (unpaired) electrons. The first-order chi connectivity index (χ1) is 14.0. The van der Waals surface area contributed by atoms with E-state index in [1.165, 1.54) is 0 Å². The van der Waals surface area contributed by atoms with Gasteiger partial charge >= 0.3 is 5.97 Å². The van der Waals surface area contributed by atoms with Crippen LogP contribution in [-0.2, 0) is 22.6 Å². The molecule has 0 spiro atoms. The Morgan fingerprint density at radius 1 is 1.21 bits per heavy atom. The van der Waals surface area contributed by atoms with Gasteiger partial charge in [0.2, 0.25) is 5.91 Å². The van der Waals surface area contributed by atoms with Gasteiger partial charge in [-0.2, -0.15) is 0 Å². The smallest absolute Gasteiger partial charge is 0.303 e. The van der Waals surface area contributed by atoms with Gasteiger partial charge in [-0.3, -0.25) is 14.5 Å². The zero-order chi connectivity index (χ0) is 21.1. The molecular weight excluding hydrogens is 368 g/mol. The van der Waals surface area contributed by atoms with Crippen LogP contribution in [0.1, 0.15) is 63.5 Å². The van der Waals surface area contributed by atoms with Crippen LogP contribution in [-0.4, -0.2) is 48.1 Å². The number of aliphatic carboxylic acids is 1. The van der Waals surface area contributed by atoms with Crippen LogP contribution in [0.5, 0.6) is 5.75 Å². The third-order valence-corrected chi connectivity index (χ3v) is 5.59. The Labute approximate surface area is 174 Å². The minimum Gasteiger partial charge on any atom is -0.493 e. The Kier molecular flexibility index (Phi) is 9.98. The van der Waals surface area contributed by atoms with Crippen molar-refractivity contribution in [3.63, 3.8) is 0 Å². The summed E-state index contributed by atoms with van der Waals surface area (Å²) in [7, 11) is 0. The second-order valence-electron chi connectivity index (χ2n) is 7.95. The fraction of sp³-hybridized carbons (Fsp3) is 0.652. The average molecular weight is 405 g/mol. The highest BCUT2D eigenvalue weighted by atomic mass is 16.5. The molecule has 0 aromatic heterocycles. The first kappa shape index (κ1) is 23.2. The standard InChI is InChI=1S/C23H36N2O4/c1-3-18(4-2)15-25-16-20-14-19(9-11-23(27)28)8-10-21(20)29-13-7-5-6-12-24-22(26)17-25/h8,10,14,18H,3-7,9,11-13,15-17H2,1-2H3,(H,24,26)(H,27,28). The first-order valence-corrected chi connectivity index (χ1v) is 11.0. The second-order valence-corrected chi connectivity index (χ2v) is 7.95. The van der Waals surface area contributed by atoms with Crippen LogP contribution in [0.4, 0.5) is 0 Å². The molecule has 0 unspecified atom stereocenters. The maximum atomic E-state index is 12.5. The van der Waals surface area contributed by atoms with Crippen molar-refractivity contribution in [2.75, 3.05) is 26.2 Å². The number of rotatable bonds is 7. The Bertz CT molecular complexity index is 658. The van der Waals surface area contributed by atoms with E-state index in [2.05, 4.69) is 30.1 Å². The number of ether oxygens (including phenoxy) is 1. The summed E-state index contributed by atoms with van der Waals surface area (Å²) in [4.78, 5) is 25.6. The number of carbonyl (C=O) groups excluding carboxylic acids is 1. The topological polar surface area (TPSA) is 78.9 Å². The summed E-state index contributed by atoms with van der Waals surface area (Å²) >= 11 is 0. The van der Waals surface area contributed by atoms with Crippen molar-refractivity contribution in [3.8, 4) is 5.75 Å². The van der Waals surface area contributed by atoms with E-state index < -0.39 is 5.97 Å². The number of nitrogens with one attached hydrogen (secondary N) is 1. The number of nitrogens with zero attached hydrogens (tertiary/aromatic N) is 1. The molecule has 2 rings (SSSR count). The molecule has 0 bridgehead atoms. The molecule has 29 heavy (non-hydrogen) atoms. The van der Waals surface area contributed by atoms with Crippen LogP contribution in [0, 0.1) is 5.92 Å². The molecule has 0 saturated carbocycles. The number of aryl methyl sites for hydroxylation is 1. The molecule has 0 atom stereocenters. The van der Waals surface area contributed by atoms with Crippen LogP contribution in [0.15, 0.2) is 18.2 Å². The lowest BCUT2D eigenvalue weighted by molar-refractivity contribution is -0.137. The van der Waals surface area contributed by atoms with Crippen molar-refractivity contribution >= 4 is 11.9 Å². The van der Waals surface area contributed by atoms with Gasteiger partial charge in [0, 0.05) is 31.6 Å². The van der Waals surface area contributed by atoms with Gasteiger partial charge in [0.15, 0.2) is 0 Å². The van der Waals surface area contributed by atoms with Crippen molar-refractivity contribution in [2.24, 2.45) is 5.92 Å². The van der Waals surface area contributed by atoms with E-state index in [0.717, 1.165) is 55.5 Å². The zero-order valence-electron chi connectivity index (χ0n) is 17.9. The molecule has 1 aliphatic rings. The van der Waals surface area contributed by atoms with E-state index in [4.69, 9.17) is 9.84 Å². The molecule has 0 saturated heterocycles.